The molecule has 4 aromatic carbocycles. The highest BCUT2D eigenvalue weighted by molar-refractivity contribution is 6.28. The van der Waals surface area contributed by atoms with Crippen LogP contribution in [0.4, 0.5) is 11.4 Å². The fourth-order valence-corrected chi connectivity index (χ4v) is 4.95. The SMILES string of the molecule is CC(C)(c1ccc(Oc2ccc(N3C(=O)C=CC3=O)cc2)cc1)c1ccc(Oc2ccc(N3C(=O)C=CC3=O)cc2)cc1.CCC. The largest absolute Gasteiger partial charge is 0.457 e. The molecule has 8 heteroatoms. The minimum absolute atomic E-state index is 0.300. The normalized spacial score (nSPS) is 14.1. The van der Waals surface area contributed by atoms with Gasteiger partial charge in [0.1, 0.15) is 23.0 Å². The van der Waals surface area contributed by atoms with Gasteiger partial charge in [0.15, 0.2) is 0 Å². The van der Waals surface area contributed by atoms with Gasteiger partial charge in [-0.2, -0.15) is 0 Å². The van der Waals surface area contributed by atoms with E-state index in [9.17, 15) is 19.2 Å². The van der Waals surface area contributed by atoms with E-state index in [1.807, 2.05) is 48.5 Å². The van der Waals surface area contributed by atoms with Gasteiger partial charge in [0.05, 0.1) is 11.4 Å². The van der Waals surface area contributed by atoms with E-state index < -0.39 is 0 Å². The third kappa shape index (κ3) is 6.81. The van der Waals surface area contributed by atoms with Gasteiger partial charge < -0.3 is 9.47 Å². The van der Waals surface area contributed by atoms with Gasteiger partial charge in [-0.1, -0.05) is 58.4 Å². The summed E-state index contributed by atoms with van der Waals surface area (Å²) in [5.74, 6) is 1.04. The second-order valence-corrected chi connectivity index (χ2v) is 11.3. The van der Waals surface area contributed by atoms with Gasteiger partial charge in [-0.3, -0.25) is 19.2 Å². The van der Waals surface area contributed by atoms with E-state index in [4.69, 9.17) is 9.47 Å². The lowest BCUT2D eigenvalue weighted by molar-refractivity contribution is -0.121. The first-order valence-corrected chi connectivity index (χ1v) is 15.0. The van der Waals surface area contributed by atoms with Crippen LogP contribution in [-0.2, 0) is 24.6 Å². The number of hydrogen-bond acceptors (Lipinski definition) is 6. The summed E-state index contributed by atoms with van der Waals surface area (Å²) in [4.78, 5) is 49.8. The molecule has 2 aliphatic rings. The Morgan fingerprint density at radius 3 is 0.957 bits per heavy atom. The number of nitrogens with zero attached hydrogens (tertiary/aromatic N) is 2. The molecule has 0 saturated carbocycles. The van der Waals surface area contributed by atoms with Crippen molar-refractivity contribution in [1.82, 2.24) is 0 Å². The zero-order chi connectivity index (χ0) is 32.8. The van der Waals surface area contributed by atoms with Crippen molar-refractivity contribution in [3.8, 4) is 23.0 Å². The molecule has 0 N–H and O–H groups in total. The number of carbonyl (C=O) groups is 4. The van der Waals surface area contributed by atoms with Crippen LogP contribution >= 0.6 is 0 Å². The predicted molar refractivity (Wildman–Crippen MR) is 177 cm³/mol. The van der Waals surface area contributed by atoms with Crippen molar-refractivity contribution in [2.45, 2.75) is 39.5 Å². The maximum atomic E-state index is 11.9. The summed E-state index contributed by atoms with van der Waals surface area (Å²) in [6.45, 7) is 8.53. The number of benzene rings is 4. The van der Waals surface area contributed by atoms with E-state index >= 15 is 0 Å². The third-order valence-electron chi connectivity index (χ3n) is 7.43. The van der Waals surface area contributed by atoms with Crippen molar-refractivity contribution < 1.29 is 28.7 Å². The Bertz CT molecular complexity index is 1630. The first kappa shape index (κ1) is 31.7. The van der Waals surface area contributed by atoms with Gasteiger partial charge in [0.2, 0.25) is 0 Å². The zero-order valence-electron chi connectivity index (χ0n) is 26.1. The summed E-state index contributed by atoms with van der Waals surface area (Å²) < 4.78 is 12.0. The maximum Gasteiger partial charge on any atom is 0.258 e. The highest BCUT2D eigenvalue weighted by Gasteiger charge is 2.26. The van der Waals surface area contributed by atoms with Gasteiger partial charge in [-0.25, -0.2) is 9.80 Å². The van der Waals surface area contributed by atoms with Crippen LogP contribution < -0.4 is 19.3 Å². The molecule has 0 bridgehead atoms. The Balaban J connectivity index is 0.00000134. The number of amides is 4. The third-order valence-corrected chi connectivity index (χ3v) is 7.43. The second-order valence-electron chi connectivity index (χ2n) is 11.3. The Kier molecular flexibility index (Phi) is 9.28. The summed E-state index contributed by atoms with van der Waals surface area (Å²) in [6, 6.07) is 29.3. The van der Waals surface area contributed by atoms with Gasteiger partial charge in [0.25, 0.3) is 23.6 Å². The summed E-state index contributed by atoms with van der Waals surface area (Å²) in [5, 5.41) is 0. The van der Waals surface area contributed by atoms with Crippen LogP contribution in [0.15, 0.2) is 121 Å². The maximum absolute atomic E-state index is 11.9. The number of rotatable bonds is 8. The molecule has 0 aromatic heterocycles. The molecule has 4 amide bonds. The summed E-state index contributed by atoms with van der Waals surface area (Å²) in [5.41, 5.74) is 2.87. The van der Waals surface area contributed by atoms with Crippen LogP contribution in [0.25, 0.3) is 0 Å². The van der Waals surface area contributed by atoms with Crippen LogP contribution in [0.1, 0.15) is 45.2 Å². The van der Waals surface area contributed by atoms with Crippen molar-refractivity contribution in [1.29, 1.82) is 0 Å². The lowest BCUT2D eigenvalue weighted by Gasteiger charge is -2.26. The Hall–Kier alpha value is -5.76. The molecule has 0 aliphatic carbocycles. The Morgan fingerprint density at radius 1 is 0.457 bits per heavy atom. The molecule has 8 nitrogen and oxygen atoms in total. The van der Waals surface area contributed by atoms with E-state index in [1.165, 1.54) is 30.7 Å². The predicted octanol–water partition coefficient (Wildman–Crippen LogP) is 7.87. The lowest BCUT2D eigenvalue weighted by atomic mass is 9.78. The highest BCUT2D eigenvalue weighted by Crippen LogP contribution is 2.35. The standard InChI is InChI=1S/C35H26N2O6.C3H8/c1-35(2,23-3-11-27(12-4-23)42-29-15-7-25(8-16-29)36-31(38)19-20-32(36)39)24-5-13-28(14-6-24)43-30-17-9-26(10-18-30)37-33(40)21-22-34(37)41;1-3-2/h3-22H,1-2H3;3H2,1-2H3. The average Bonchev–Trinajstić information content (AvgIpc) is 3.57. The molecule has 0 radical (unpaired) electrons. The molecule has 2 aliphatic heterocycles. The van der Waals surface area contributed by atoms with Gasteiger partial charge in [0, 0.05) is 29.7 Å². The van der Waals surface area contributed by atoms with Crippen molar-refractivity contribution in [3.63, 3.8) is 0 Å². The van der Waals surface area contributed by atoms with Crippen molar-refractivity contribution in [2.75, 3.05) is 9.80 Å². The van der Waals surface area contributed by atoms with E-state index in [2.05, 4.69) is 27.7 Å². The molecule has 0 saturated heterocycles. The summed E-state index contributed by atoms with van der Waals surface area (Å²) >= 11 is 0. The second kappa shape index (κ2) is 13.5. The van der Waals surface area contributed by atoms with Crippen LogP contribution in [0.2, 0.25) is 0 Å². The number of anilines is 2. The van der Waals surface area contributed by atoms with E-state index in [0.29, 0.717) is 34.4 Å². The van der Waals surface area contributed by atoms with Crippen LogP contribution in [0.5, 0.6) is 23.0 Å². The van der Waals surface area contributed by atoms with E-state index in [-0.39, 0.29) is 29.0 Å². The first-order valence-electron chi connectivity index (χ1n) is 15.0. The summed E-state index contributed by atoms with van der Waals surface area (Å²) in [7, 11) is 0. The average molecular weight is 615 g/mol. The highest BCUT2D eigenvalue weighted by atomic mass is 16.5. The fourth-order valence-electron chi connectivity index (χ4n) is 4.95. The van der Waals surface area contributed by atoms with Crippen molar-refractivity contribution >= 4 is 35.0 Å². The molecular weight excluding hydrogens is 580 g/mol. The molecular formula is C38H34N2O6. The molecule has 0 atom stereocenters. The van der Waals surface area contributed by atoms with Crippen molar-refractivity contribution in [3.05, 3.63) is 132 Å². The Labute approximate surface area is 268 Å². The number of carbonyl (C=O) groups excluding carboxylic acids is 4. The lowest BCUT2D eigenvalue weighted by Crippen LogP contribution is -2.29. The quantitative estimate of drug-likeness (QED) is 0.188. The number of imide groups is 2. The Morgan fingerprint density at radius 2 is 0.696 bits per heavy atom. The van der Waals surface area contributed by atoms with Gasteiger partial charge in [-0.05, 0) is 83.9 Å². The minimum atomic E-state index is -0.362. The molecule has 46 heavy (non-hydrogen) atoms. The van der Waals surface area contributed by atoms with E-state index in [1.54, 1.807) is 48.5 Å². The van der Waals surface area contributed by atoms with Crippen LogP contribution in [0.3, 0.4) is 0 Å². The number of ether oxygens (including phenoxy) is 2. The van der Waals surface area contributed by atoms with Crippen LogP contribution in [-0.4, -0.2) is 23.6 Å². The minimum Gasteiger partial charge on any atom is -0.457 e. The zero-order valence-corrected chi connectivity index (χ0v) is 26.1. The first-order chi connectivity index (χ1) is 22.1. The molecule has 0 fully saturated rings. The van der Waals surface area contributed by atoms with Crippen LogP contribution in [0, 0.1) is 0 Å². The number of hydrogen-bond donors (Lipinski definition) is 0. The van der Waals surface area contributed by atoms with Gasteiger partial charge >= 0.3 is 0 Å². The molecule has 6 rings (SSSR count). The fraction of sp³-hybridized carbons (Fsp3) is 0.158. The van der Waals surface area contributed by atoms with E-state index in [0.717, 1.165) is 20.9 Å². The molecule has 4 aromatic rings. The topological polar surface area (TPSA) is 93.2 Å². The smallest absolute Gasteiger partial charge is 0.258 e. The molecule has 2 heterocycles. The van der Waals surface area contributed by atoms with Gasteiger partial charge in [-0.15, -0.1) is 0 Å². The monoisotopic (exact) mass is 614 g/mol. The molecule has 0 unspecified atom stereocenters. The molecule has 0 spiro atoms. The summed E-state index contributed by atoms with van der Waals surface area (Å²) in [6.07, 6.45) is 6.26. The van der Waals surface area contributed by atoms with Crippen molar-refractivity contribution in [2.24, 2.45) is 0 Å². The molecule has 232 valence electrons.